The molecule has 146 valence electrons. The van der Waals surface area contributed by atoms with E-state index < -0.39 is 5.41 Å². The van der Waals surface area contributed by atoms with Crippen molar-refractivity contribution in [2.45, 2.75) is 18.3 Å². The van der Waals surface area contributed by atoms with Crippen LogP contribution in [0.1, 0.15) is 18.4 Å². The van der Waals surface area contributed by atoms with Crippen LogP contribution >= 0.6 is 0 Å². The summed E-state index contributed by atoms with van der Waals surface area (Å²) in [5.74, 6) is 2.44. The molecule has 0 bridgehead atoms. The van der Waals surface area contributed by atoms with Crippen molar-refractivity contribution in [3.05, 3.63) is 60.4 Å². The molecule has 1 N–H and O–H groups in total. The first-order valence-electron chi connectivity index (χ1n) is 9.37. The number of ether oxygens (including phenoxy) is 3. The third kappa shape index (κ3) is 3.04. The lowest BCUT2D eigenvalue weighted by atomic mass is 9.94. The fraction of sp³-hybridized carbons (Fsp3) is 0.227. The van der Waals surface area contributed by atoms with Crippen molar-refractivity contribution in [3.8, 4) is 28.5 Å². The Morgan fingerprint density at radius 2 is 1.90 bits per heavy atom. The third-order valence-electron chi connectivity index (χ3n) is 5.39. The predicted molar refractivity (Wildman–Crippen MR) is 106 cm³/mol. The molecule has 2 heterocycles. The van der Waals surface area contributed by atoms with Crippen LogP contribution < -0.4 is 19.5 Å². The second-order valence-corrected chi connectivity index (χ2v) is 7.09. The number of benzene rings is 2. The van der Waals surface area contributed by atoms with Gasteiger partial charge in [0.15, 0.2) is 17.3 Å². The molecule has 7 heteroatoms. The number of carbonyl (C=O) groups excluding carboxylic acids is 1. The van der Waals surface area contributed by atoms with Gasteiger partial charge in [0.2, 0.25) is 12.7 Å². The van der Waals surface area contributed by atoms with Crippen LogP contribution in [-0.2, 0) is 10.2 Å². The van der Waals surface area contributed by atoms with Crippen molar-refractivity contribution >= 4 is 11.7 Å². The Morgan fingerprint density at radius 3 is 2.66 bits per heavy atom. The van der Waals surface area contributed by atoms with E-state index >= 15 is 0 Å². The van der Waals surface area contributed by atoms with Crippen LogP contribution in [0, 0.1) is 0 Å². The first-order valence-corrected chi connectivity index (χ1v) is 9.37. The zero-order chi connectivity index (χ0) is 19.8. The molecule has 3 aromatic rings. The maximum atomic E-state index is 13.0. The van der Waals surface area contributed by atoms with E-state index in [0.29, 0.717) is 23.0 Å². The van der Waals surface area contributed by atoms with Gasteiger partial charge in [-0.1, -0.05) is 18.2 Å². The van der Waals surface area contributed by atoms with E-state index in [2.05, 4.69) is 15.3 Å². The number of para-hydroxylation sites is 1. The molecule has 2 aliphatic rings. The minimum absolute atomic E-state index is 0.0873. The van der Waals surface area contributed by atoms with Crippen LogP contribution in [0.4, 0.5) is 5.82 Å². The van der Waals surface area contributed by atoms with Gasteiger partial charge in [0.25, 0.3) is 0 Å². The van der Waals surface area contributed by atoms with Crippen LogP contribution in [0.5, 0.6) is 17.2 Å². The summed E-state index contributed by atoms with van der Waals surface area (Å²) in [6, 6.07) is 13.3. The van der Waals surface area contributed by atoms with Crippen molar-refractivity contribution in [2.24, 2.45) is 0 Å². The Balaban J connectivity index is 1.35. The van der Waals surface area contributed by atoms with Crippen LogP contribution in [0.15, 0.2) is 54.9 Å². The zero-order valence-corrected chi connectivity index (χ0v) is 15.8. The Kier molecular flexibility index (Phi) is 4.08. The van der Waals surface area contributed by atoms with Crippen LogP contribution in [0.25, 0.3) is 11.3 Å². The number of amides is 1. The Hall–Kier alpha value is -3.61. The fourth-order valence-electron chi connectivity index (χ4n) is 3.59. The lowest BCUT2D eigenvalue weighted by molar-refractivity contribution is -0.118. The molecule has 1 aliphatic heterocycles. The van der Waals surface area contributed by atoms with Gasteiger partial charge >= 0.3 is 0 Å². The number of methoxy groups -OCH3 is 1. The number of anilines is 1. The normalized spacial score (nSPS) is 15.6. The molecule has 0 radical (unpaired) electrons. The highest BCUT2D eigenvalue weighted by Gasteiger charge is 2.51. The number of hydrogen-bond donors (Lipinski definition) is 1. The van der Waals surface area contributed by atoms with Gasteiger partial charge in [-0.15, -0.1) is 0 Å². The van der Waals surface area contributed by atoms with Gasteiger partial charge < -0.3 is 19.5 Å². The molecule has 29 heavy (non-hydrogen) atoms. The molecular weight excluding hydrogens is 370 g/mol. The predicted octanol–water partition coefficient (Wildman–Crippen LogP) is 3.55. The van der Waals surface area contributed by atoms with Gasteiger partial charge in [0.1, 0.15) is 5.75 Å². The molecular formula is C22H19N3O4. The smallest absolute Gasteiger partial charge is 0.236 e. The van der Waals surface area contributed by atoms with Crippen molar-refractivity contribution < 1.29 is 19.0 Å². The van der Waals surface area contributed by atoms with Crippen molar-refractivity contribution in [1.29, 1.82) is 0 Å². The van der Waals surface area contributed by atoms with E-state index in [1.807, 2.05) is 42.5 Å². The van der Waals surface area contributed by atoms with Gasteiger partial charge in [0.05, 0.1) is 30.6 Å². The lowest BCUT2D eigenvalue weighted by Gasteiger charge is -2.16. The molecule has 0 spiro atoms. The average molecular weight is 389 g/mol. The minimum Gasteiger partial charge on any atom is -0.496 e. The maximum Gasteiger partial charge on any atom is 0.236 e. The third-order valence-corrected chi connectivity index (χ3v) is 5.39. The molecule has 1 aromatic heterocycles. The fourth-order valence-corrected chi connectivity index (χ4v) is 3.59. The number of nitrogens with zero attached hydrogens (tertiary/aromatic N) is 2. The summed E-state index contributed by atoms with van der Waals surface area (Å²) in [6.07, 6.45) is 4.76. The summed E-state index contributed by atoms with van der Waals surface area (Å²) in [6.45, 7) is 0.214. The first-order chi connectivity index (χ1) is 14.2. The molecule has 1 saturated carbocycles. The molecule has 0 saturated heterocycles. The second kappa shape index (κ2) is 6.77. The molecule has 2 aromatic carbocycles. The van der Waals surface area contributed by atoms with Crippen molar-refractivity contribution in [1.82, 2.24) is 9.97 Å². The summed E-state index contributed by atoms with van der Waals surface area (Å²) < 4.78 is 16.2. The molecule has 0 unspecified atom stereocenters. The number of rotatable bonds is 5. The molecule has 0 atom stereocenters. The van der Waals surface area contributed by atoms with E-state index in [-0.39, 0.29) is 12.7 Å². The summed E-state index contributed by atoms with van der Waals surface area (Å²) >= 11 is 0. The molecule has 1 fully saturated rings. The highest BCUT2D eigenvalue weighted by molar-refractivity contribution is 6.01. The highest BCUT2D eigenvalue weighted by atomic mass is 16.7. The summed E-state index contributed by atoms with van der Waals surface area (Å²) in [5, 5.41) is 2.90. The molecule has 5 rings (SSSR count). The Labute approximate surface area is 167 Å². The largest absolute Gasteiger partial charge is 0.496 e. The van der Waals surface area contributed by atoms with Gasteiger partial charge in [0, 0.05) is 5.56 Å². The van der Waals surface area contributed by atoms with E-state index in [0.717, 1.165) is 29.7 Å². The lowest BCUT2D eigenvalue weighted by Crippen LogP contribution is -2.28. The van der Waals surface area contributed by atoms with Crippen LogP contribution in [0.3, 0.4) is 0 Å². The first kappa shape index (κ1) is 17.5. The topological polar surface area (TPSA) is 82.6 Å². The molecule has 1 amide bonds. The Morgan fingerprint density at radius 1 is 1.07 bits per heavy atom. The number of nitrogens with one attached hydrogen (secondary N) is 1. The number of hydrogen-bond acceptors (Lipinski definition) is 6. The highest BCUT2D eigenvalue weighted by Crippen LogP contribution is 2.51. The Bertz CT molecular complexity index is 1080. The van der Waals surface area contributed by atoms with Gasteiger partial charge in [-0.2, -0.15) is 0 Å². The van der Waals surface area contributed by atoms with Crippen LogP contribution in [0.2, 0.25) is 0 Å². The van der Waals surface area contributed by atoms with E-state index in [1.54, 1.807) is 19.5 Å². The quantitative estimate of drug-likeness (QED) is 0.719. The number of fused-ring (bicyclic) bond motifs is 1. The monoisotopic (exact) mass is 389 g/mol. The second-order valence-electron chi connectivity index (χ2n) is 7.09. The van der Waals surface area contributed by atoms with Crippen molar-refractivity contribution in [2.75, 3.05) is 19.2 Å². The maximum absolute atomic E-state index is 13.0. The van der Waals surface area contributed by atoms with Crippen LogP contribution in [-0.4, -0.2) is 29.8 Å². The summed E-state index contributed by atoms with van der Waals surface area (Å²) in [5.41, 5.74) is 1.90. The van der Waals surface area contributed by atoms with E-state index in [9.17, 15) is 4.79 Å². The van der Waals surface area contributed by atoms with Gasteiger partial charge in [-0.05, 0) is 42.7 Å². The molecule has 1 aliphatic carbocycles. The standard InChI is InChI=1S/C22H19N3O4/c1-27-17-5-3-2-4-15(17)16-11-24-20(12-23-16)25-21(26)22(8-9-22)14-6-7-18-19(10-14)29-13-28-18/h2-7,10-12H,8-9,13H2,1H3,(H,24,25,26). The average Bonchev–Trinajstić information content (AvgIpc) is 3.45. The summed E-state index contributed by atoms with van der Waals surface area (Å²) in [4.78, 5) is 21.8. The number of carbonyl (C=O) groups is 1. The van der Waals surface area contributed by atoms with E-state index in [1.165, 1.54) is 0 Å². The number of aromatic nitrogens is 2. The minimum atomic E-state index is -0.552. The van der Waals surface area contributed by atoms with E-state index in [4.69, 9.17) is 14.2 Å². The van der Waals surface area contributed by atoms with Gasteiger partial charge in [-0.25, -0.2) is 4.98 Å². The zero-order valence-electron chi connectivity index (χ0n) is 15.8. The van der Waals surface area contributed by atoms with Gasteiger partial charge in [-0.3, -0.25) is 9.78 Å². The molecule has 7 nitrogen and oxygen atoms in total. The SMILES string of the molecule is COc1ccccc1-c1cnc(NC(=O)C2(c3ccc4c(c3)OCO4)CC2)cn1. The van der Waals surface area contributed by atoms with Crippen molar-refractivity contribution in [3.63, 3.8) is 0 Å². The summed E-state index contributed by atoms with van der Waals surface area (Å²) in [7, 11) is 1.62.